The molecule has 0 spiro atoms. The standard InChI is InChI=1S/C17H13N3O2S/c1-2-14-7-6-8-15(11-14)19-23(21,22)17-12-18-20(13-17)16-9-4-3-5-10-16/h1,3-13,19H. The maximum absolute atomic E-state index is 12.4. The van der Waals surface area contributed by atoms with Crippen LogP contribution in [0, 0.1) is 12.3 Å². The molecule has 1 heterocycles. The van der Waals surface area contributed by atoms with E-state index in [2.05, 4.69) is 15.7 Å². The summed E-state index contributed by atoms with van der Waals surface area (Å²) < 4.78 is 28.9. The number of aromatic nitrogens is 2. The fourth-order valence-electron chi connectivity index (χ4n) is 2.05. The number of rotatable bonds is 4. The first-order valence-corrected chi connectivity index (χ1v) is 8.26. The average molecular weight is 323 g/mol. The average Bonchev–Trinajstić information content (AvgIpc) is 3.06. The number of hydrogen-bond donors (Lipinski definition) is 1. The highest BCUT2D eigenvalue weighted by Gasteiger charge is 2.17. The van der Waals surface area contributed by atoms with Gasteiger partial charge in [0.15, 0.2) is 0 Å². The van der Waals surface area contributed by atoms with Crippen molar-refractivity contribution in [2.24, 2.45) is 0 Å². The molecule has 5 nitrogen and oxygen atoms in total. The lowest BCUT2D eigenvalue weighted by atomic mass is 10.2. The molecule has 0 bridgehead atoms. The number of nitrogens with one attached hydrogen (secondary N) is 1. The van der Waals surface area contributed by atoms with Gasteiger partial charge in [-0.3, -0.25) is 4.72 Å². The van der Waals surface area contributed by atoms with Crippen molar-refractivity contribution in [3.05, 3.63) is 72.6 Å². The maximum atomic E-state index is 12.4. The van der Waals surface area contributed by atoms with Crippen LogP contribution in [-0.2, 0) is 10.0 Å². The van der Waals surface area contributed by atoms with Crippen LogP contribution < -0.4 is 4.72 Å². The summed E-state index contributed by atoms with van der Waals surface area (Å²) in [5.41, 5.74) is 1.79. The van der Waals surface area contributed by atoms with Crippen LogP contribution in [0.25, 0.3) is 5.69 Å². The number of para-hydroxylation sites is 1. The van der Waals surface area contributed by atoms with Crippen LogP contribution in [0.2, 0.25) is 0 Å². The fraction of sp³-hybridized carbons (Fsp3) is 0. The Kier molecular flexibility index (Phi) is 3.87. The number of hydrogen-bond acceptors (Lipinski definition) is 3. The highest BCUT2D eigenvalue weighted by atomic mass is 32.2. The van der Waals surface area contributed by atoms with Gasteiger partial charge in [0, 0.05) is 5.56 Å². The second-order valence-electron chi connectivity index (χ2n) is 4.79. The van der Waals surface area contributed by atoms with Gasteiger partial charge in [-0.25, -0.2) is 13.1 Å². The molecule has 23 heavy (non-hydrogen) atoms. The van der Waals surface area contributed by atoms with Gasteiger partial charge in [-0.15, -0.1) is 6.42 Å². The summed E-state index contributed by atoms with van der Waals surface area (Å²) in [6.45, 7) is 0. The molecule has 0 aliphatic heterocycles. The zero-order chi connectivity index (χ0) is 16.3. The molecule has 0 atom stereocenters. The zero-order valence-electron chi connectivity index (χ0n) is 12.0. The van der Waals surface area contributed by atoms with Crippen LogP contribution in [0.15, 0.2) is 71.9 Å². The predicted molar refractivity (Wildman–Crippen MR) is 88.7 cm³/mol. The van der Waals surface area contributed by atoms with E-state index in [-0.39, 0.29) is 4.90 Å². The molecule has 114 valence electrons. The summed E-state index contributed by atoms with van der Waals surface area (Å²) >= 11 is 0. The molecule has 0 aliphatic rings. The molecule has 0 aliphatic carbocycles. The normalized spacial score (nSPS) is 10.9. The van der Waals surface area contributed by atoms with Crippen LogP contribution in [0.3, 0.4) is 0 Å². The van der Waals surface area contributed by atoms with Gasteiger partial charge in [-0.05, 0) is 30.3 Å². The van der Waals surface area contributed by atoms with Crippen molar-refractivity contribution in [3.8, 4) is 18.0 Å². The van der Waals surface area contributed by atoms with Crippen molar-refractivity contribution in [1.29, 1.82) is 0 Å². The van der Waals surface area contributed by atoms with E-state index in [0.29, 0.717) is 11.3 Å². The largest absolute Gasteiger partial charge is 0.279 e. The SMILES string of the molecule is C#Cc1cccc(NS(=O)(=O)c2cnn(-c3ccccc3)c2)c1. The van der Waals surface area contributed by atoms with Crippen LogP contribution in [0.4, 0.5) is 5.69 Å². The summed E-state index contributed by atoms with van der Waals surface area (Å²) in [4.78, 5) is 0.0764. The van der Waals surface area contributed by atoms with Gasteiger partial charge in [0.2, 0.25) is 0 Å². The van der Waals surface area contributed by atoms with Gasteiger partial charge in [0.25, 0.3) is 10.0 Å². The quantitative estimate of drug-likeness (QED) is 0.751. The summed E-state index contributed by atoms with van der Waals surface area (Å²) in [5.74, 6) is 2.47. The molecule has 0 radical (unpaired) electrons. The van der Waals surface area contributed by atoms with Crippen LogP contribution in [0.5, 0.6) is 0 Å². The van der Waals surface area contributed by atoms with E-state index in [0.717, 1.165) is 5.69 Å². The third-order valence-corrected chi connectivity index (χ3v) is 4.51. The molecule has 0 fully saturated rings. The lowest BCUT2D eigenvalue weighted by molar-refractivity contribution is 0.601. The van der Waals surface area contributed by atoms with E-state index in [1.807, 2.05) is 30.3 Å². The van der Waals surface area contributed by atoms with E-state index in [9.17, 15) is 8.42 Å². The molecule has 0 amide bonds. The van der Waals surface area contributed by atoms with Gasteiger partial charge < -0.3 is 0 Å². The maximum Gasteiger partial charge on any atom is 0.265 e. The Morgan fingerprint density at radius 2 is 1.87 bits per heavy atom. The Labute approximate surface area is 134 Å². The second kappa shape index (κ2) is 5.99. The monoisotopic (exact) mass is 323 g/mol. The first-order valence-electron chi connectivity index (χ1n) is 6.78. The minimum absolute atomic E-state index is 0.0764. The third kappa shape index (κ3) is 3.25. The molecule has 0 saturated carbocycles. The Morgan fingerprint density at radius 3 is 2.61 bits per heavy atom. The number of sulfonamides is 1. The molecule has 6 heteroatoms. The van der Waals surface area contributed by atoms with E-state index >= 15 is 0 Å². The molecule has 3 rings (SSSR count). The smallest absolute Gasteiger partial charge is 0.265 e. The lowest BCUT2D eigenvalue weighted by Gasteiger charge is -2.06. The Morgan fingerprint density at radius 1 is 1.09 bits per heavy atom. The van der Waals surface area contributed by atoms with Gasteiger partial charge in [-0.2, -0.15) is 5.10 Å². The van der Waals surface area contributed by atoms with Gasteiger partial charge in [0.1, 0.15) is 4.90 Å². The summed E-state index contributed by atoms with van der Waals surface area (Å²) in [6, 6.07) is 15.9. The van der Waals surface area contributed by atoms with Crippen molar-refractivity contribution in [1.82, 2.24) is 9.78 Å². The minimum atomic E-state index is -3.73. The van der Waals surface area contributed by atoms with Crippen molar-refractivity contribution >= 4 is 15.7 Å². The van der Waals surface area contributed by atoms with Crippen LogP contribution in [0.1, 0.15) is 5.56 Å². The van der Waals surface area contributed by atoms with E-state index in [4.69, 9.17) is 6.42 Å². The van der Waals surface area contributed by atoms with E-state index in [1.54, 1.807) is 24.3 Å². The topological polar surface area (TPSA) is 64.0 Å². The first-order chi connectivity index (χ1) is 11.1. The Hall–Kier alpha value is -3.04. The molecule has 0 saturated heterocycles. The van der Waals surface area contributed by atoms with Gasteiger partial charge in [0.05, 0.1) is 23.8 Å². The Balaban J connectivity index is 1.89. The van der Waals surface area contributed by atoms with Gasteiger partial charge in [-0.1, -0.05) is 30.2 Å². The minimum Gasteiger partial charge on any atom is -0.279 e. The zero-order valence-corrected chi connectivity index (χ0v) is 12.9. The van der Waals surface area contributed by atoms with Gasteiger partial charge >= 0.3 is 0 Å². The molecule has 1 N–H and O–H groups in total. The van der Waals surface area contributed by atoms with E-state index < -0.39 is 10.0 Å². The number of anilines is 1. The van der Waals surface area contributed by atoms with Crippen molar-refractivity contribution in [2.45, 2.75) is 4.90 Å². The molecule has 2 aromatic carbocycles. The Bertz CT molecular complexity index is 970. The third-order valence-electron chi connectivity index (χ3n) is 3.17. The molecule has 3 aromatic rings. The number of nitrogens with zero attached hydrogens (tertiary/aromatic N) is 2. The first kappa shape index (κ1) is 14.9. The van der Waals surface area contributed by atoms with Crippen molar-refractivity contribution < 1.29 is 8.42 Å². The lowest BCUT2D eigenvalue weighted by Crippen LogP contribution is -2.12. The molecule has 1 aromatic heterocycles. The van der Waals surface area contributed by atoms with Crippen LogP contribution >= 0.6 is 0 Å². The second-order valence-corrected chi connectivity index (χ2v) is 6.47. The highest BCUT2D eigenvalue weighted by Crippen LogP contribution is 2.17. The van der Waals surface area contributed by atoms with Crippen LogP contribution in [-0.4, -0.2) is 18.2 Å². The summed E-state index contributed by atoms with van der Waals surface area (Å²) in [5, 5.41) is 4.09. The number of benzene rings is 2. The predicted octanol–water partition coefficient (Wildman–Crippen LogP) is 2.65. The van der Waals surface area contributed by atoms with Crippen molar-refractivity contribution in [2.75, 3.05) is 4.72 Å². The highest BCUT2D eigenvalue weighted by molar-refractivity contribution is 7.92. The summed E-state index contributed by atoms with van der Waals surface area (Å²) in [7, 11) is -3.73. The van der Waals surface area contributed by atoms with Crippen molar-refractivity contribution in [3.63, 3.8) is 0 Å². The fourth-order valence-corrected chi connectivity index (χ4v) is 3.03. The molecule has 0 unspecified atom stereocenters. The summed E-state index contributed by atoms with van der Waals surface area (Å²) in [6.07, 6.45) is 8.09. The molecular formula is C17H13N3O2S. The number of terminal acetylenes is 1. The van der Waals surface area contributed by atoms with E-state index in [1.165, 1.54) is 17.1 Å². The molecular weight excluding hydrogens is 310 g/mol.